The fraction of sp³-hybridized carbons (Fsp3) is 0. The summed E-state index contributed by atoms with van der Waals surface area (Å²) in [4.78, 5) is 4.70. The third-order valence-electron chi connectivity index (χ3n) is 4.66. The highest BCUT2D eigenvalue weighted by Crippen LogP contribution is 2.38. The van der Waals surface area contributed by atoms with Crippen LogP contribution < -0.4 is 0 Å². The molecule has 0 fully saturated rings. The third kappa shape index (κ3) is 1.63. The largest absolute Gasteiger partial charge is 0.454 e. The van der Waals surface area contributed by atoms with Crippen LogP contribution in [0, 0.1) is 0 Å². The van der Waals surface area contributed by atoms with Crippen molar-refractivity contribution in [2.45, 2.75) is 0 Å². The zero-order valence-electron chi connectivity index (χ0n) is 13.1. The number of nitrogens with zero attached hydrogens (tertiary/aromatic N) is 2. The third-order valence-corrected chi connectivity index (χ3v) is 4.66. The smallest absolute Gasteiger partial charge is 0.307 e. The molecule has 0 amide bonds. The first kappa shape index (κ1) is 12.8. The molecule has 0 aliphatic heterocycles. The van der Waals surface area contributed by atoms with E-state index in [4.69, 9.17) is 13.8 Å². The normalized spacial score (nSPS) is 12.0. The van der Waals surface area contributed by atoms with Crippen LogP contribution in [0.15, 0.2) is 81.6 Å². The van der Waals surface area contributed by atoms with Gasteiger partial charge in [-0.3, -0.25) is 4.57 Å². The van der Waals surface area contributed by atoms with Gasteiger partial charge in [0.1, 0.15) is 16.6 Å². The number of aromatic nitrogens is 2. The number of hydrogen-bond donors (Lipinski definition) is 0. The van der Waals surface area contributed by atoms with Crippen LogP contribution in [0.3, 0.4) is 0 Å². The highest BCUT2D eigenvalue weighted by atomic mass is 16.4. The number of furan rings is 1. The minimum atomic E-state index is 0.555. The number of rotatable bonds is 1. The van der Waals surface area contributed by atoms with Crippen molar-refractivity contribution in [1.82, 2.24) is 9.55 Å². The van der Waals surface area contributed by atoms with Crippen LogP contribution in [0.1, 0.15) is 0 Å². The van der Waals surface area contributed by atoms with E-state index >= 15 is 0 Å². The Bertz CT molecular complexity index is 1360. The fourth-order valence-corrected chi connectivity index (χ4v) is 3.57. The van der Waals surface area contributed by atoms with Crippen molar-refractivity contribution < 1.29 is 8.83 Å². The molecule has 4 heteroatoms. The minimum absolute atomic E-state index is 0.555. The highest BCUT2D eigenvalue weighted by Gasteiger charge is 2.21. The van der Waals surface area contributed by atoms with Crippen LogP contribution in [-0.4, -0.2) is 9.55 Å². The van der Waals surface area contributed by atoms with Crippen LogP contribution in [0.4, 0.5) is 0 Å². The molecule has 3 aromatic carbocycles. The molecule has 0 aliphatic carbocycles. The van der Waals surface area contributed by atoms with Crippen molar-refractivity contribution in [3.05, 3.63) is 72.8 Å². The molecule has 0 saturated carbocycles. The lowest BCUT2D eigenvalue weighted by atomic mass is 10.2. The summed E-state index contributed by atoms with van der Waals surface area (Å²) in [5.74, 6) is 0. The highest BCUT2D eigenvalue weighted by molar-refractivity contribution is 6.16. The van der Waals surface area contributed by atoms with Crippen LogP contribution in [0.5, 0.6) is 0 Å². The number of fused-ring (bicyclic) bond motifs is 6. The second kappa shape index (κ2) is 4.51. The van der Waals surface area contributed by atoms with E-state index in [0.717, 1.165) is 44.1 Å². The molecule has 4 nitrogen and oxygen atoms in total. The van der Waals surface area contributed by atoms with E-state index < -0.39 is 0 Å². The molecule has 25 heavy (non-hydrogen) atoms. The van der Waals surface area contributed by atoms with Gasteiger partial charge in [-0.15, -0.1) is 0 Å². The van der Waals surface area contributed by atoms with Gasteiger partial charge < -0.3 is 8.83 Å². The van der Waals surface area contributed by atoms with Crippen molar-refractivity contribution in [2.75, 3.05) is 0 Å². The summed E-state index contributed by atoms with van der Waals surface area (Å²) in [5.41, 5.74) is 5.35. The van der Waals surface area contributed by atoms with Crippen LogP contribution in [-0.2, 0) is 0 Å². The van der Waals surface area contributed by atoms with Gasteiger partial charge in [0.15, 0.2) is 11.2 Å². The number of hydrogen-bond acceptors (Lipinski definition) is 3. The molecule has 0 atom stereocenters. The van der Waals surface area contributed by atoms with Gasteiger partial charge in [-0.25, -0.2) is 0 Å². The van der Waals surface area contributed by atoms with E-state index in [0.29, 0.717) is 6.01 Å². The summed E-state index contributed by atoms with van der Waals surface area (Å²) in [6.45, 7) is 0. The van der Waals surface area contributed by atoms with E-state index in [1.807, 2.05) is 54.6 Å². The van der Waals surface area contributed by atoms with E-state index in [9.17, 15) is 0 Å². The van der Waals surface area contributed by atoms with Crippen molar-refractivity contribution in [3.63, 3.8) is 0 Å². The summed E-state index contributed by atoms with van der Waals surface area (Å²) in [7, 11) is 0. The van der Waals surface area contributed by atoms with Crippen LogP contribution in [0.25, 0.3) is 50.1 Å². The maximum atomic E-state index is 6.15. The molecule has 6 rings (SSSR count). The molecule has 0 saturated heterocycles. The monoisotopic (exact) mass is 324 g/mol. The predicted molar refractivity (Wildman–Crippen MR) is 98.1 cm³/mol. The first-order chi connectivity index (χ1) is 12.4. The Hall–Kier alpha value is -3.53. The van der Waals surface area contributed by atoms with Crippen molar-refractivity contribution >= 4 is 44.1 Å². The molecule has 0 radical (unpaired) electrons. The van der Waals surface area contributed by atoms with Gasteiger partial charge in [-0.2, -0.15) is 4.98 Å². The van der Waals surface area contributed by atoms with Crippen LogP contribution in [0.2, 0.25) is 0 Å². The Balaban J connectivity index is 1.85. The zero-order valence-corrected chi connectivity index (χ0v) is 13.1. The Morgan fingerprint density at radius 1 is 0.680 bits per heavy atom. The number of para-hydroxylation sites is 4. The predicted octanol–water partition coefficient (Wildman–Crippen LogP) is 5.67. The molecule has 3 aromatic heterocycles. The number of benzene rings is 3. The molecule has 0 spiro atoms. The molecule has 6 aromatic rings. The summed E-state index contributed by atoms with van der Waals surface area (Å²) < 4.78 is 14.3. The van der Waals surface area contributed by atoms with Gasteiger partial charge in [-0.05, 0) is 36.4 Å². The van der Waals surface area contributed by atoms with E-state index in [1.54, 1.807) is 0 Å². The maximum Gasteiger partial charge on any atom is 0.307 e. The van der Waals surface area contributed by atoms with Gasteiger partial charge in [0.05, 0.1) is 5.52 Å². The average Bonchev–Trinajstić information content (AvgIpc) is 3.32. The van der Waals surface area contributed by atoms with Crippen LogP contribution >= 0.6 is 0 Å². The molecular formula is C21H12N2O2. The summed E-state index contributed by atoms with van der Waals surface area (Å²) in [6.07, 6.45) is 0. The molecule has 0 unspecified atom stereocenters. The Labute approximate surface area is 141 Å². The average molecular weight is 324 g/mol. The van der Waals surface area contributed by atoms with Gasteiger partial charge >= 0.3 is 6.01 Å². The Morgan fingerprint density at radius 2 is 1.40 bits per heavy atom. The molecule has 0 N–H and O–H groups in total. The lowest BCUT2D eigenvalue weighted by Gasteiger charge is -2.01. The van der Waals surface area contributed by atoms with E-state index in [2.05, 4.69) is 22.8 Å². The fourth-order valence-electron chi connectivity index (χ4n) is 3.57. The quantitative estimate of drug-likeness (QED) is 0.391. The van der Waals surface area contributed by atoms with Gasteiger partial charge in [0.2, 0.25) is 0 Å². The lowest BCUT2D eigenvalue weighted by Crippen LogP contribution is -1.93. The van der Waals surface area contributed by atoms with Crippen molar-refractivity contribution in [3.8, 4) is 6.01 Å². The second-order valence-electron chi connectivity index (χ2n) is 6.09. The van der Waals surface area contributed by atoms with Gasteiger partial charge in [-0.1, -0.05) is 36.4 Å². The topological polar surface area (TPSA) is 44.1 Å². The lowest BCUT2D eigenvalue weighted by molar-refractivity contribution is 0.574. The standard InChI is InChI=1S/C21H12N2O2/c1-4-10-16-13(7-1)20-19(14-8-2-5-11-17(14)24-20)23(16)21-22-15-9-3-6-12-18(15)25-21/h1-12H. The number of oxazole rings is 1. The second-order valence-corrected chi connectivity index (χ2v) is 6.09. The minimum Gasteiger partial charge on any atom is -0.454 e. The van der Waals surface area contributed by atoms with E-state index in [-0.39, 0.29) is 0 Å². The Kier molecular flexibility index (Phi) is 2.32. The van der Waals surface area contributed by atoms with Crippen molar-refractivity contribution in [1.29, 1.82) is 0 Å². The van der Waals surface area contributed by atoms with Crippen molar-refractivity contribution in [2.24, 2.45) is 0 Å². The Morgan fingerprint density at radius 3 is 2.28 bits per heavy atom. The molecule has 118 valence electrons. The SMILES string of the molecule is c1ccc2oc(-n3c4ccccc4c4oc5ccccc5c43)nc2c1. The summed E-state index contributed by atoms with van der Waals surface area (Å²) in [6, 6.07) is 24.6. The maximum absolute atomic E-state index is 6.15. The molecule has 0 bridgehead atoms. The summed E-state index contributed by atoms with van der Waals surface area (Å²) >= 11 is 0. The molecule has 3 heterocycles. The van der Waals surface area contributed by atoms with Gasteiger partial charge in [0.25, 0.3) is 0 Å². The van der Waals surface area contributed by atoms with E-state index in [1.165, 1.54) is 0 Å². The van der Waals surface area contributed by atoms with Gasteiger partial charge in [0, 0.05) is 10.8 Å². The first-order valence-electron chi connectivity index (χ1n) is 8.17. The summed E-state index contributed by atoms with van der Waals surface area (Å²) in [5, 5.41) is 2.10. The first-order valence-corrected chi connectivity index (χ1v) is 8.17. The zero-order chi connectivity index (χ0) is 16.4. The molecule has 0 aliphatic rings. The molecular weight excluding hydrogens is 312 g/mol.